The molecule has 2 unspecified atom stereocenters. The molecule has 0 spiro atoms. The summed E-state index contributed by atoms with van der Waals surface area (Å²) in [6.45, 7) is 0.0811. The van der Waals surface area contributed by atoms with Gasteiger partial charge in [0.2, 0.25) is 0 Å². The fraction of sp³-hybridized carbons (Fsp3) is 0.500. The van der Waals surface area contributed by atoms with Crippen LogP contribution in [0.1, 0.15) is 17.3 Å². The summed E-state index contributed by atoms with van der Waals surface area (Å²) in [4.78, 5) is 24.2. The first-order valence-corrected chi connectivity index (χ1v) is 6.63. The number of nitrogens with two attached hydrogens (primary N) is 1. The van der Waals surface area contributed by atoms with Crippen LogP contribution in [0.5, 0.6) is 0 Å². The number of carbonyl (C=O) groups excluding carboxylic acids is 2. The van der Waals surface area contributed by atoms with Gasteiger partial charge >= 0.3 is 5.97 Å². The van der Waals surface area contributed by atoms with Crippen molar-refractivity contribution in [3.05, 3.63) is 22.4 Å². The molecule has 0 aliphatic carbocycles. The molecule has 19 heavy (non-hydrogen) atoms. The van der Waals surface area contributed by atoms with Crippen molar-refractivity contribution < 1.29 is 19.1 Å². The maximum Gasteiger partial charge on any atom is 0.307 e. The van der Waals surface area contributed by atoms with Crippen LogP contribution >= 0.6 is 11.3 Å². The zero-order chi connectivity index (χ0) is 14.3. The van der Waals surface area contributed by atoms with E-state index in [0.717, 1.165) is 4.88 Å². The van der Waals surface area contributed by atoms with Crippen LogP contribution in [0, 0.1) is 0 Å². The van der Waals surface area contributed by atoms with E-state index in [4.69, 9.17) is 10.5 Å². The Morgan fingerprint density at radius 2 is 2.21 bits per heavy atom. The quantitative estimate of drug-likeness (QED) is 0.710. The van der Waals surface area contributed by atoms with Gasteiger partial charge in [-0.05, 0) is 11.4 Å². The van der Waals surface area contributed by atoms with Crippen LogP contribution in [0.25, 0.3) is 0 Å². The van der Waals surface area contributed by atoms with Gasteiger partial charge in [0, 0.05) is 18.5 Å². The molecule has 1 aromatic rings. The summed E-state index contributed by atoms with van der Waals surface area (Å²) in [5.41, 5.74) is 5.43. The highest BCUT2D eigenvalue weighted by atomic mass is 32.1. The Bertz CT molecular complexity index is 404. The Labute approximate surface area is 115 Å². The number of amides is 1. The van der Waals surface area contributed by atoms with E-state index in [-0.39, 0.29) is 24.8 Å². The highest BCUT2D eigenvalue weighted by molar-refractivity contribution is 7.10. The predicted octanol–water partition coefficient (Wildman–Crippen LogP) is 0.442. The van der Waals surface area contributed by atoms with E-state index < -0.39 is 12.1 Å². The summed E-state index contributed by atoms with van der Waals surface area (Å²) in [6.07, 6.45) is -0.649. The fourth-order valence-electron chi connectivity index (χ4n) is 1.54. The van der Waals surface area contributed by atoms with E-state index in [0.29, 0.717) is 0 Å². The summed E-state index contributed by atoms with van der Waals surface area (Å²) < 4.78 is 9.59. The van der Waals surface area contributed by atoms with Gasteiger partial charge in [0.15, 0.2) is 0 Å². The third kappa shape index (κ3) is 4.62. The molecule has 106 valence electrons. The number of ether oxygens (including phenoxy) is 2. The lowest BCUT2D eigenvalue weighted by atomic mass is 10.1. The third-order valence-electron chi connectivity index (χ3n) is 2.59. The molecular weight excluding hydrogens is 268 g/mol. The zero-order valence-electron chi connectivity index (χ0n) is 10.9. The first kappa shape index (κ1) is 15.6. The minimum atomic E-state index is -0.722. The molecule has 3 N–H and O–H groups in total. The van der Waals surface area contributed by atoms with Crippen molar-refractivity contribution in [2.45, 2.75) is 18.6 Å². The van der Waals surface area contributed by atoms with Crippen LogP contribution in [0.2, 0.25) is 0 Å². The van der Waals surface area contributed by atoms with Crippen LogP contribution in [0.3, 0.4) is 0 Å². The number of methoxy groups -OCH3 is 2. The highest BCUT2D eigenvalue weighted by Gasteiger charge is 2.23. The summed E-state index contributed by atoms with van der Waals surface area (Å²) >= 11 is 1.46. The van der Waals surface area contributed by atoms with Crippen LogP contribution in [0.15, 0.2) is 17.5 Å². The second-order valence-corrected chi connectivity index (χ2v) is 4.80. The first-order chi connectivity index (χ1) is 9.12. The summed E-state index contributed by atoms with van der Waals surface area (Å²) in [7, 11) is 2.73. The lowest BCUT2D eigenvalue weighted by Gasteiger charge is -2.19. The molecule has 1 rings (SSSR count). The molecule has 0 aromatic carbocycles. The van der Waals surface area contributed by atoms with Gasteiger partial charge in [0.25, 0.3) is 5.91 Å². The van der Waals surface area contributed by atoms with Crippen molar-refractivity contribution in [1.29, 1.82) is 0 Å². The van der Waals surface area contributed by atoms with Crippen molar-refractivity contribution in [3.63, 3.8) is 0 Å². The van der Waals surface area contributed by atoms with E-state index in [1.54, 1.807) is 0 Å². The molecule has 0 saturated heterocycles. The zero-order valence-corrected chi connectivity index (χ0v) is 11.7. The standard InChI is InChI=1S/C12H18N2O4S/c1-17-9(7-13)12(16)14-8(6-11(15)18-2)10-4-3-5-19-10/h3-5,8-9H,6-7,13H2,1-2H3,(H,14,16). The molecule has 2 atom stereocenters. The monoisotopic (exact) mass is 286 g/mol. The Morgan fingerprint density at radius 3 is 2.68 bits per heavy atom. The molecule has 0 fully saturated rings. The molecule has 1 heterocycles. The Morgan fingerprint density at radius 1 is 1.47 bits per heavy atom. The minimum Gasteiger partial charge on any atom is -0.469 e. The van der Waals surface area contributed by atoms with Crippen molar-refractivity contribution >= 4 is 23.2 Å². The average molecular weight is 286 g/mol. The number of rotatable bonds is 7. The summed E-state index contributed by atoms with van der Waals surface area (Å²) in [6, 6.07) is 3.28. The maximum absolute atomic E-state index is 11.9. The van der Waals surface area contributed by atoms with Gasteiger partial charge in [-0.3, -0.25) is 9.59 Å². The molecule has 0 bridgehead atoms. The number of hydrogen-bond donors (Lipinski definition) is 2. The molecule has 0 aliphatic rings. The van der Waals surface area contributed by atoms with E-state index >= 15 is 0 Å². The van der Waals surface area contributed by atoms with Gasteiger partial charge in [-0.15, -0.1) is 11.3 Å². The van der Waals surface area contributed by atoms with Gasteiger partial charge < -0.3 is 20.5 Å². The normalized spacial score (nSPS) is 13.6. The predicted molar refractivity (Wildman–Crippen MR) is 71.7 cm³/mol. The second kappa shape index (κ2) is 7.88. The molecular formula is C12H18N2O4S. The Balaban J connectivity index is 2.75. The molecule has 0 saturated carbocycles. The molecule has 0 aliphatic heterocycles. The van der Waals surface area contributed by atoms with Crippen molar-refractivity contribution in [1.82, 2.24) is 5.32 Å². The summed E-state index contributed by atoms with van der Waals surface area (Å²) in [5.74, 6) is -0.729. The lowest BCUT2D eigenvalue weighted by molar-refractivity contribution is -0.141. The van der Waals surface area contributed by atoms with E-state index in [1.165, 1.54) is 25.6 Å². The number of hydrogen-bond acceptors (Lipinski definition) is 6. The SMILES string of the molecule is COC(=O)CC(NC(=O)C(CN)OC)c1cccs1. The van der Waals surface area contributed by atoms with Gasteiger partial charge in [0.05, 0.1) is 19.6 Å². The number of nitrogens with one attached hydrogen (secondary N) is 1. The number of thiophene rings is 1. The van der Waals surface area contributed by atoms with Crippen molar-refractivity contribution in [2.75, 3.05) is 20.8 Å². The van der Waals surface area contributed by atoms with Crippen molar-refractivity contribution in [3.8, 4) is 0 Å². The first-order valence-electron chi connectivity index (χ1n) is 5.75. The largest absolute Gasteiger partial charge is 0.469 e. The Kier molecular flexibility index (Phi) is 6.48. The van der Waals surface area contributed by atoms with E-state index in [1.807, 2.05) is 17.5 Å². The maximum atomic E-state index is 11.9. The fourth-order valence-corrected chi connectivity index (χ4v) is 2.32. The van der Waals surface area contributed by atoms with Crippen molar-refractivity contribution in [2.24, 2.45) is 5.73 Å². The van der Waals surface area contributed by atoms with Gasteiger partial charge in [-0.25, -0.2) is 0 Å². The van der Waals surface area contributed by atoms with Crippen LogP contribution < -0.4 is 11.1 Å². The smallest absolute Gasteiger partial charge is 0.307 e. The molecule has 7 heteroatoms. The van der Waals surface area contributed by atoms with Gasteiger partial charge in [-0.2, -0.15) is 0 Å². The van der Waals surface area contributed by atoms with E-state index in [9.17, 15) is 9.59 Å². The Hall–Kier alpha value is -1.44. The van der Waals surface area contributed by atoms with E-state index in [2.05, 4.69) is 10.1 Å². The molecule has 0 radical (unpaired) electrons. The third-order valence-corrected chi connectivity index (χ3v) is 3.58. The van der Waals surface area contributed by atoms with Crippen LogP contribution in [-0.2, 0) is 19.1 Å². The second-order valence-electron chi connectivity index (χ2n) is 3.82. The van der Waals surface area contributed by atoms with Crippen LogP contribution in [0.4, 0.5) is 0 Å². The highest BCUT2D eigenvalue weighted by Crippen LogP contribution is 2.22. The molecule has 1 aromatic heterocycles. The molecule has 6 nitrogen and oxygen atoms in total. The lowest BCUT2D eigenvalue weighted by Crippen LogP contribution is -2.42. The van der Waals surface area contributed by atoms with Crippen LogP contribution in [-0.4, -0.2) is 38.7 Å². The topological polar surface area (TPSA) is 90.7 Å². The van der Waals surface area contributed by atoms with Gasteiger partial charge in [0.1, 0.15) is 6.10 Å². The number of esters is 1. The molecule has 1 amide bonds. The average Bonchev–Trinajstić information content (AvgIpc) is 2.93. The minimum absolute atomic E-state index is 0.0732. The summed E-state index contributed by atoms with van der Waals surface area (Å²) in [5, 5.41) is 4.63. The van der Waals surface area contributed by atoms with Gasteiger partial charge in [-0.1, -0.05) is 6.07 Å². The number of carbonyl (C=O) groups is 2.